The van der Waals surface area contributed by atoms with Gasteiger partial charge in [-0.1, -0.05) is 0 Å². The summed E-state index contributed by atoms with van der Waals surface area (Å²) in [5, 5.41) is 0. The zero-order valence-electron chi connectivity index (χ0n) is 14.0. The Hall–Kier alpha value is -1.60. The van der Waals surface area contributed by atoms with E-state index >= 15 is 0 Å². The van der Waals surface area contributed by atoms with Crippen molar-refractivity contribution in [2.75, 3.05) is 13.2 Å². The molecule has 0 N–H and O–H groups in total. The molecule has 0 unspecified atom stereocenters. The SMILES string of the molecule is CC1(C)C(=O)OCCN1S(=O)(=O)c1ccc(OC2CCCC2)cc1. The molecule has 132 valence electrons. The predicted molar refractivity (Wildman–Crippen MR) is 88.3 cm³/mol. The van der Waals surface area contributed by atoms with Gasteiger partial charge < -0.3 is 9.47 Å². The molecule has 1 aliphatic carbocycles. The van der Waals surface area contributed by atoms with E-state index in [9.17, 15) is 13.2 Å². The van der Waals surface area contributed by atoms with Gasteiger partial charge in [-0.15, -0.1) is 0 Å². The van der Waals surface area contributed by atoms with E-state index in [1.165, 1.54) is 29.3 Å². The van der Waals surface area contributed by atoms with Gasteiger partial charge in [0, 0.05) is 6.54 Å². The van der Waals surface area contributed by atoms with Crippen LogP contribution in [-0.2, 0) is 19.6 Å². The zero-order valence-corrected chi connectivity index (χ0v) is 14.8. The highest BCUT2D eigenvalue weighted by Gasteiger charge is 2.46. The van der Waals surface area contributed by atoms with Crippen molar-refractivity contribution in [3.05, 3.63) is 24.3 Å². The maximum Gasteiger partial charge on any atom is 0.327 e. The van der Waals surface area contributed by atoms with Crippen molar-refractivity contribution >= 4 is 16.0 Å². The lowest BCUT2D eigenvalue weighted by molar-refractivity contribution is -0.160. The van der Waals surface area contributed by atoms with Gasteiger partial charge in [-0.3, -0.25) is 4.79 Å². The van der Waals surface area contributed by atoms with Crippen LogP contribution in [0.3, 0.4) is 0 Å². The summed E-state index contributed by atoms with van der Waals surface area (Å²) in [7, 11) is -3.77. The van der Waals surface area contributed by atoms with Crippen LogP contribution in [0, 0.1) is 0 Å². The fourth-order valence-corrected chi connectivity index (χ4v) is 4.94. The lowest BCUT2D eigenvalue weighted by atomic mass is 10.1. The number of nitrogens with zero attached hydrogens (tertiary/aromatic N) is 1. The molecule has 1 aromatic rings. The van der Waals surface area contributed by atoms with Gasteiger partial charge in [0.2, 0.25) is 10.0 Å². The van der Waals surface area contributed by atoms with Crippen LogP contribution in [0.4, 0.5) is 0 Å². The average Bonchev–Trinajstić information content (AvgIpc) is 3.03. The van der Waals surface area contributed by atoms with Crippen molar-refractivity contribution in [3.63, 3.8) is 0 Å². The Morgan fingerprint density at radius 3 is 2.42 bits per heavy atom. The minimum atomic E-state index is -3.77. The molecule has 0 spiro atoms. The van der Waals surface area contributed by atoms with Gasteiger partial charge in [-0.05, 0) is 63.8 Å². The number of sulfonamides is 1. The highest BCUT2D eigenvalue weighted by Crippen LogP contribution is 2.30. The summed E-state index contributed by atoms with van der Waals surface area (Å²) < 4.78 is 37.8. The minimum Gasteiger partial charge on any atom is -0.490 e. The highest BCUT2D eigenvalue weighted by atomic mass is 32.2. The topological polar surface area (TPSA) is 72.9 Å². The number of carbonyl (C=O) groups is 1. The van der Waals surface area contributed by atoms with Crippen LogP contribution in [0.15, 0.2) is 29.2 Å². The largest absolute Gasteiger partial charge is 0.490 e. The highest BCUT2D eigenvalue weighted by molar-refractivity contribution is 7.89. The fraction of sp³-hybridized carbons (Fsp3) is 0.588. The van der Waals surface area contributed by atoms with E-state index in [-0.39, 0.29) is 24.2 Å². The zero-order chi connectivity index (χ0) is 17.4. The van der Waals surface area contributed by atoms with Crippen molar-refractivity contribution in [3.8, 4) is 5.75 Å². The van der Waals surface area contributed by atoms with Crippen molar-refractivity contribution < 1.29 is 22.7 Å². The van der Waals surface area contributed by atoms with E-state index < -0.39 is 21.5 Å². The molecule has 1 saturated carbocycles. The first-order valence-corrected chi connectivity index (χ1v) is 9.72. The summed E-state index contributed by atoms with van der Waals surface area (Å²) in [6, 6.07) is 6.44. The molecule has 3 rings (SSSR count). The van der Waals surface area contributed by atoms with Crippen molar-refractivity contribution in [1.29, 1.82) is 0 Å². The van der Waals surface area contributed by atoms with Gasteiger partial charge >= 0.3 is 5.97 Å². The normalized spacial score (nSPS) is 22.3. The molecule has 0 amide bonds. The molecule has 0 bridgehead atoms. The smallest absolute Gasteiger partial charge is 0.327 e. The Morgan fingerprint density at radius 2 is 1.79 bits per heavy atom. The first kappa shape index (κ1) is 17.2. The first-order valence-electron chi connectivity index (χ1n) is 8.28. The van der Waals surface area contributed by atoms with Crippen LogP contribution in [0.5, 0.6) is 5.75 Å². The third-order valence-electron chi connectivity index (χ3n) is 4.67. The van der Waals surface area contributed by atoms with Gasteiger partial charge in [0.1, 0.15) is 17.9 Å². The minimum absolute atomic E-state index is 0.0738. The van der Waals surface area contributed by atoms with Crippen LogP contribution in [0.2, 0.25) is 0 Å². The van der Waals surface area contributed by atoms with E-state index in [1.807, 2.05) is 0 Å². The number of esters is 1. The van der Waals surface area contributed by atoms with Crippen molar-refractivity contribution in [1.82, 2.24) is 4.31 Å². The van der Waals surface area contributed by atoms with Gasteiger partial charge in [-0.2, -0.15) is 4.31 Å². The first-order chi connectivity index (χ1) is 11.3. The molecule has 7 heteroatoms. The fourth-order valence-electron chi connectivity index (χ4n) is 3.22. The Balaban J connectivity index is 1.80. The molecule has 1 aliphatic heterocycles. The Labute approximate surface area is 142 Å². The molecule has 1 saturated heterocycles. The maximum atomic E-state index is 12.9. The van der Waals surface area contributed by atoms with E-state index in [2.05, 4.69) is 0 Å². The Morgan fingerprint density at radius 1 is 1.17 bits per heavy atom. The lowest BCUT2D eigenvalue weighted by Crippen LogP contribution is -2.58. The van der Waals surface area contributed by atoms with Crippen molar-refractivity contribution in [2.45, 2.75) is 56.1 Å². The molecule has 6 nitrogen and oxygen atoms in total. The van der Waals surface area contributed by atoms with E-state index in [0.717, 1.165) is 12.8 Å². The molecule has 24 heavy (non-hydrogen) atoms. The molecule has 1 heterocycles. The second-order valence-corrected chi connectivity index (χ2v) is 8.63. The molecule has 0 atom stereocenters. The summed E-state index contributed by atoms with van der Waals surface area (Å²) >= 11 is 0. The molecular formula is C17H23NO5S. The van der Waals surface area contributed by atoms with Gasteiger partial charge in [0.25, 0.3) is 0 Å². The second kappa shape index (κ2) is 6.37. The number of hydrogen-bond donors (Lipinski definition) is 0. The third kappa shape index (κ3) is 3.15. The van der Waals surface area contributed by atoms with Gasteiger partial charge in [0.15, 0.2) is 0 Å². The number of ether oxygens (including phenoxy) is 2. The number of benzene rings is 1. The molecule has 0 aromatic heterocycles. The summed E-state index contributed by atoms with van der Waals surface area (Å²) in [5.74, 6) is 0.150. The number of cyclic esters (lactones) is 1. The quantitative estimate of drug-likeness (QED) is 0.777. The summed E-state index contributed by atoms with van der Waals surface area (Å²) in [6.07, 6.45) is 4.67. The second-order valence-electron chi connectivity index (χ2n) is 6.77. The van der Waals surface area contributed by atoms with E-state index in [1.54, 1.807) is 26.0 Å². The molecule has 2 aliphatic rings. The monoisotopic (exact) mass is 353 g/mol. The standard InChI is InChI=1S/C17H23NO5S/c1-17(2)16(19)22-12-11-18(17)24(20,21)15-9-7-14(8-10-15)23-13-5-3-4-6-13/h7-10,13H,3-6,11-12H2,1-2H3. The van der Waals surface area contributed by atoms with E-state index in [0.29, 0.717) is 5.75 Å². The van der Waals surface area contributed by atoms with E-state index in [4.69, 9.17) is 9.47 Å². The van der Waals surface area contributed by atoms with Crippen LogP contribution < -0.4 is 4.74 Å². The Kier molecular flexibility index (Phi) is 4.57. The van der Waals surface area contributed by atoms with Gasteiger partial charge in [-0.25, -0.2) is 8.42 Å². The number of morpholine rings is 1. The number of rotatable bonds is 4. The van der Waals surface area contributed by atoms with Crippen LogP contribution in [0.1, 0.15) is 39.5 Å². The predicted octanol–water partition coefficient (Wildman–Crippen LogP) is 2.33. The van der Waals surface area contributed by atoms with Crippen molar-refractivity contribution in [2.24, 2.45) is 0 Å². The lowest BCUT2D eigenvalue weighted by Gasteiger charge is -2.38. The number of hydrogen-bond acceptors (Lipinski definition) is 5. The Bertz CT molecular complexity index is 705. The van der Waals surface area contributed by atoms with Gasteiger partial charge in [0.05, 0.1) is 11.0 Å². The summed E-state index contributed by atoms with van der Waals surface area (Å²) in [4.78, 5) is 12.1. The van der Waals surface area contributed by atoms with Crippen LogP contribution in [0.25, 0.3) is 0 Å². The third-order valence-corrected chi connectivity index (χ3v) is 6.75. The molecule has 1 aromatic carbocycles. The molecule has 2 fully saturated rings. The van der Waals surface area contributed by atoms with Crippen LogP contribution in [-0.4, -0.2) is 43.5 Å². The average molecular weight is 353 g/mol. The maximum absolute atomic E-state index is 12.9. The molecule has 0 radical (unpaired) electrons. The van der Waals surface area contributed by atoms with Crippen LogP contribution >= 0.6 is 0 Å². The molecular weight excluding hydrogens is 330 g/mol. The number of carbonyl (C=O) groups excluding carboxylic acids is 1. The summed E-state index contributed by atoms with van der Waals surface area (Å²) in [5.41, 5.74) is -1.21. The summed E-state index contributed by atoms with van der Waals surface area (Å²) in [6.45, 7) is 3.35.